The third-order valence-corrected chi connectivity index (χ3v) is 3.59. The Balaban J connectivity index is 0.00000133. The van der Waals surface area contributed by atoms with Gasteiger partial charge in [-0.15, -0.1) is 12.4 Å². The molecule has 1 aromatic heterocycles. The number of halogens is 1. The van der Waals surface area contributed by atoms with Crippen molar-refractivity contribution < 1.29 is 4.52 Å². The second kappa shape index (κ2) is 4.94. The highest BCUT2D eigenvalue weighted by Gasteiger charge is 2.39. The fraction of sp³-hybridized carbons (Fsp3) is 0.429. The fourth-order valence-electron chi connectivity index (χ4n) is 2.42. The first-order chi connectivity index (χ1) is 8.57. The summed E-state index contributed by atoms with van der Waals surface area (Å²) in [5, 5.41) is 4.03. The predicted molar refractivity (Wildman–Crippen MR) is 76.2 cm³/mol. The van der Waals surface area contributed by atoms with E-state index in [-0.39, 0.29) is 17.9 Å². The molecule has 5 heteroatoms. The largest absolute Gasteiger partial charge is 0.334 e. The summed E-state index contributed by atoms with van der Waals surface area (Å²) in [4.78, 5) is 4.45. The van der Waals surface area contributed by atoms with Gasteiger partial charge in [-0.3, -0.25) is 0 Å². The van der Waals surface area contributed by atoms with Crippen LogP contribution in [0.5, 0.6) is 0 Å². The predicted octanol–water partition coefficient (Wildman–Crippen LogP) is 3.11. The Morgan fingerprint density at radius 1 is 1.16 bits per heavy atom. The van der Waals surface area contributed by atoms with Crippen LogP contribution >= 0.6 is 12.4 Å². The van der Waals surface area contributed by atoms with Crippen LogP contribution in [0.4, 0.5) is 0 Å². The third kappa shape index (κ3) is 2.51. The van der Waals surface area contributed by atoms with Crippen molar-refractivity contribution in [1.82, 2.24) is 10.1 Å². The van der Waals surface area contributed by atoms with Gasteiger partial charge in [0.1, 0.15) is 0 Å². The van der Waals surface area contributed by atoms with E-state index in [2.05, 4.69) is 30.1 Å². The molecule has 2 aromatic rings. The van der Waals surface area contributed by atoms with Crippen molar-refractivity contribution in [1.29, 1.82) is 0 Å². The minimum absolute atomic E-state index is 0. The zero-order valence-corrected chi connectivity index (χ0v) is 12.0. The standard InChI is InChI=1S/C14H17N3O.ClH/c1-9-6-10(2)8-11(7-9)12-16-13(17-18-12)14(15)4-3-5-14;/h6-8H,3-5,15H2,1-2H3;1H. The van der Waals surface area contributed by atoms with Crippen LogP contribution in [0.3, 0.4) is 0 Å². The molecule has 0 aliphatic heterocycles. The summed E-state index contributed by atoms with van der Waals surface area (Å²) in [6.45, 7) is 4.12. The van der Waals surface area contributed by atoms with Crippen molar-refractivity contribution in [3.8, 4) is 11.5 Å². The SMILES string of the molecule is Cc1cc(C)cc(-c2nc(C3(N)CCC3)no2)c1.Cl. The monoisotopic (exact) mass is 279 g/mol. The first-order valence-corrected chi connectivity index (χ1v) is 6.29. The molecule has 3 rings (SSSR count). The van der Waals surface area contributed by atoms with E-state index in [1.165, 1.54) is 11.1 Å². The Bertz CT molecular complexity index is 570. The van der Waals surface area contributed by atoms with Gasteiger partial charge in [-0.05, 0) is 45.2 Å². The maximum atomic E-state index is 6.19. The van der Waals surface area contributed by atoms with Gasteiger partial charge in [0.2, 0.25) is 0 Å². The smallest absolute Gasteiger partial charge is 0.258 e. The molecule has 1 saturated carbocycles. The second-order valence-electron chi connectivity index (χ2n) is 5.31. The van der Waals surface area contributed by atoms with Crippen molar-refractivity contribution in [3.05, 3.63) is 35.2 Å². The van der Waals surface area contributed by atoms with Gasteiger partial charge in [0, 0.05) is 5.56 Å². The molecule has 1 aliphatic rings. The molecule has 102 valence electrons. The summed E-state index contributed by atoms with van der Waals surface area (Å²) in [5.41, 5.74) is 9.18. The van der Waals surface area contributed by atoms with Crippen LogP contribution in [0.2, 0.25) is 0 Å². The molecular formula is C14H18ClN3O. The summed E-state index contributed by atoms with van der Waals surface area (Å²) in [6, 6.07) is 6.22. The molecule has 0 radical (unpaired) electrons. The minimum Gasteiger partial charge on any atom is -0.334 e. The average molecular weight is 280 g/mol. The summed E-state index contributed by atoms with van der Waals surface area (Å²) in [7, 11) is 0. The van der Waals surface area contributed by atoms with Crippen LogP contribution in [0.25, 0.3) is 11.5 Å². The van der Waals surface area contributed by atoms with Crippen LogP contribution in [0, 0.1) is 13.8 Å². The molecule has 0 bridgehead atoms. The van der Waals surface area contributed by atoms with E-state index in [0.29, 0.717) is 11.7 Å². The number of nitrogens with two attached hydrogens (primary N) is 1. The molecule has 0 amide bonds. The normalized spacial score (nSPS) is 16.6. The van der Waals surface area contributed by atoms with Crippen LogP contribution in [0.1, 0.15) is 36.2 Å². The Labute approximate surface area is 118 Å². The van der Waals surface area contributed by atoms with Crippen LogP contribution in [-0.2, 0) is 5.54 Å². The molecule has 0 atom stereocenters. The molecule has 0 saturated heterocycles. The van der Waals surface area contributed by atoms with Crippen LogP contribution in [-0.4, -0.2) is 10.1 Å². The van der Waals surface area contributed by atoms with Crippen LogP contribution < -0.4 is 5.73 Å². The Morgan fingerprint density at radius 2 is 1.79 bits per heavy atom. The molecule has 2 N–H and O–H groups in total. The lowest BCUT2D eigenvalue weighted by atomic mass is 9.77. The van der Waals surface area contributed by atoms with Gasteiger partial charge < -0.3 is 10.3 Å². The van der Waals surface area contributed by atoms with Crippen molar-refractivity contribution >= 4 is 12.4 Å². The molecule has 1 fully saturated rings. The van der Waals surface area contributed by atoms with Crippen molar-refractivity contribution in [3.63, 3.8) is 0 Å². The highest BCUT2D eigenvalue weighted by Crippen LogP contribution is 2.37. The van der Waals surface area contributed by atoms with E-state index in [1.807, 2.05) is 12.1 Å². The van der Waals surface area contributed by atoms with Crippen molar-refractivity contribution in [2.75, 3.05) is 0 Å². The van der Waals surface area contributed by atoms with E-state index in [4.69, 9.17) is 10.3 Å². The summed E-state index contributed by atoms with van der Waals surface area (Å²) in [5.74, 6) is 1.21. The molecule has 0 spiro atoms. The number of nitrogens with zero attached hydrogens (tertiary/aromatic N) is 2. The van der Waals surface area contributed by atoms with E-state index in [9.17, 15) is 0 Å². The van der Waals surface area contributed by atoms with E-state index < -0.39 is 0 Å². The third-order valence-electron chi connectivity index (χ3n) is 3.59. The minimum atomic E-state index is -0.360. The number of hydrogen-bond donors (Lipinski definition) is 1. The van der Waals surface area contributed by atoms with Crippen molar-refractivity contribution in [2.45, 2.75) is 38.6 Å². The summed E-state index contributed by atoms with van der Waals surface area (Å²) < 4.78 is 5.34. The average Bonchev–Trinajstić information content (AvgIpc) is 2.74. The van der Waals surface area contributed by atoms with Crippen LogP contribution in [0.15, 0.2) is 22.7 Å². The number of aryl methyl sites for hydroxylation is 2. The summed E-state index contributed by atoms with van der Waals surface area (Å²) >= 11 is 0. The molecule has 1 heterocycles. The molecule has 1 aliphatic carbocycles. The Kier molecular flexibility index (Phi) is 3.65. The quantitative estimate of drug-likeness (QED) is 0.917. The van der Waals surface area contributed by atoms with Gasteiger partial charge in [0.25, 0.3) is 5.89 Å². The zero-order chi connectivity index (χ0) is 12.8. The zero-order valence-electron chi connectivity index (χ0n) is 11.1. The number of aromatic nitrogens is 2. The molecule has 4 nitrogen and oxygen atoms in total. The lowest BCUT2D eigenvalue weighted by Gasteiger charge is -2.34. The van der Waals surface area contributed by atoms with Gasteiger partial charge in [-0.2, -0.15) is 4.98 Å². The maximum Gasteiger partial charge on any atom is 0.258 e. The number of benzene rings is 1. The molecular weight excluding hydrogens is 262 g/mol. The molecule has 1 aromatic carbocycles. The summed E-state index contributed by atoms with van der Waals surface area (Å²) in [6.07, 6.45) is 3.03. The van der Waals surface area contributed by atoms with Gasteiger partial charge >= 0.3 is 0 Å². The fourth-order valence-corrected chi connectivity index (χ4v) is 2.42. The van der Waals surface area contributed by atoms with E-state index in [0.717, 1.165) is 24.8 Å². The van der Waals surface area contributed by atoms with E-state index >= 15 is 0 Å². The highest BCUT2D eigenvalue weighted by molar-refractivity contribution is 5.85. The first kappa shape index (κ1) is 14.0. The van der Waals surface area contributed by atoms with Gasteiger partial charge in [-0.1, -0.05) is 22.3 Å². The maximum absolute atomic E-state index is 6.19. The van der Waals surface area contributed by atoms with E-state index in [1.54, 1.807) is 0 Å². The molecule has 0 unspecified atom stereocenters. The van der Waals surface area contributed by atoms with Gasteiger partial charge in [-0.25, -0.2) is 0 Å². The highest BCUT2D eigenvalue weighted by atomic mass is 35.5. The van der Waals surface area contributed by atoms with Crippen molar-refractivity contribution in [2.24, 2.45) is 5.73 Å². The lowest BCUT2D eigenvalue weighted by molar-refractivity contribution is 0.229. The molecule has 19 heavy (non-hydrogen) atoms. The van der Waals surface area contributed by atoms with Gasteiger partial charge in [0.05, 0.1) is 5.54 Å². The Hall–Kier alpha value is -1.39. The number of hydrogen-bond acceptors (Lipinski definition) is 4. The number of rotatable bonds is 2. The second-order valence-corrected chi connectivity index (χ2v) is 5.31. The van der Waals surface area contributed by atoms with Gasteiger partial charge in [0.15, 0.2) is 5.82 Å². The topological polar surface area (TPSA) is 64.9 Å². The first-order valence-electron chi connectivity index (χ1n) is 6.29. The lowest BCUT2D eigenvalue weighted by Crippen LogP contribution is -2.44. The Morgan fingerprint density at radius 3 is 2.32 bits per heavy atom.